The maximum atomic E-state index is 13.5. The van der Waals surface area contributed by atoms with Gasteiger partial charge in [0, 0.05) is 6.04 Å². The van der Waals surface area contributed by atoms with Gasteiger partial charge in [0.25, 0.3) is 0 Å². The molecule has 1 aromatic heterocycles. The zero-order valence-corrected chi connectivity index (χ0v) is 10.3. The highest BCUT2D eigenvalue weighted by molar-refractivity contribution is 5.84. The van der Waals surface area contributed by atoms with E-state index in [0.717, 1.165) is 18.9 Å². The zero-order chi connectivity index (χ0) is 14.4. The number of benzene rings is 1. The molecular formula is C13H11FN2O4. The van der Waals surface area contributed by atoms with Crippen LogP contribution < -0.4 is 15.9 Å². The van der Waals surface area contributed by atoms with Gasteiger partial charge in [0.1, 0.15) is 5.82 Å². The van der Waals surface area contributed by atoms with Gasteiger partial charge in [-0.1, -0.05) is 0 Å². The van der Waals surface area contributed by atoms with E-state index in [9.17, 15) is 14.0 Å². The van der Waals surface area contributed by atoms with Gasteiger partial charge in [-0.25, -0.2) is 9.18 Å². The monoisotopic (exact) mass is 278 g/mol. The van der Waals surface area contributed by atoms with E-state index in [4.69, 9.17) is 10.8 Å². The summed E-state index contributed by atoms with van der Waals surface area (Å²) in [5.41, 5.74) is 5.28. The first kappa shape index (κ1) is 12.5. The van der Waals surface area contributed by atoms with Gasteiger partial charge >= 0.3 is 6.16 Å². The van der Waals surface area contributed by atoms with Gasteiger partial charge in [-0.2, -0.15) is 0 Å². The van der Waals surface area contributed by atoms with E-state index >= 15 is 0 Å². The second kappa shape index (κ2) is 4.22. The fraction of sp³-hybridized carbons (Fsp3) is 0.231. The molecule has 0 spiro atoms. The van der Waals surface area contributed by atoms with Crippen LogP contribution in [0.1, 0.15) is 18.9 Å². The molecule has 0 aliphatic heterocycles. The molecule has 1 saturated carbocycles. The Morgan fingerprint density at radius 1 is 1.45 bits per heavy atom. The van der Waals surface area contributed by atoms with Crippen LogP contribution in [0.3, 0.4) is 0 Å². The smallest absolute Gasteiger partial charge is 0.449 e. The van der Waals surface area contributed by atoms with Gasteiger partial charge in [-0.15, -0.1) is 0 Å². The normalized spacial score (nSPS) is 14.4. The molecule has 1 heterocycles. The van der Waals surface area contributed by atoms with Crippen molar-refractivity contribution in [1.29, 1.82) is 0 Å². The lowest BCUT2D eigenvalue weighted by Gasteiger charge is -2.12. The van der Waals surface area contributed by atoms with E-state index in [2.05, 4.69) is 4.74 Å². The second-order valence-electron chi connectivity index (χ2n) is 4.72. The standard InChI is InChI=1S/C13H11FN2O4/c14-8-3-7-10(4-9(8)15)16(6-1-2-6)5-11(12(7)17)20-13(18)19/h3-6H,1-2,15H2,(H,18,19). The molecule has 3 N–H and O–H groups in total. The molecule has 7 heteroatoms. The summed E-state index contributed by atoms with van der Waals surface area (Å²) in [4.78, 5) is 22.7. The summed E-state index contributed by atoms with van der Waals surface area (Å²) in [7, 11) is 0. The highest BCUT2D eigenvalue weighted by Gasteiger charge is 2.26. The van der Waals surface area contributed by atoms with Gasteiger partial charge in [-0.05, 0) is 25.0 Å². The third-order valence-corrected chi connectivity index (χ3v) is 3.26. The molecule has 1 aliphatic carbocycles. The SMILES string of the molecule is Nc1cc2c(cc1F)c(=O)c(OC(=O)O)cn2C1CC1. The molecular weight excluding hydrogens is 267 g/mol. The highest BCUT2D eigenvalue weighted by atomic mass is 19.1. The van der Waals surface area contributed by atoms with E-state index in [1.165, 1.54) is 12.3 Å². The van der Waals surface area contributed by atoms with Gasteiger partial charge in [-0.3, -0.25) is 4.79 Å². The number of aromatic nitrogens is 1. The van der Waals surface area contributed by atoms with E-state index in [1.54, 1.807) is 4.57 Å². The quantitative estimate of drug-likeness (QED) is 0.648. The van der Waals surface area contributed by atoms with Gasteiger partial charge < -0.3 is 20.1 Å². The molecule has 1 aliphatic rings. The van der Waals surface area contributed by atoms with E-state index in [0.29, 0.717) is 5.52 Å². The third kappa shape index (κ3) is 1.97. The number of hydrogen-bond donors (Lipinski definition) is 2. The Kier molecular flexibility index (Phi) is 2.63. The van der Waals surface area contributed by atoms with Crippen molar-refractivity contribution in [3.05, 3.63) is 34.4 Å². The summed E-state index contributed by atoms with van der Waals surface area (Å²) in [6, 6.07) is 2.55. The summed E-state index contributed by atoms with van der Waals surface area (Å²) < 4.78 is 19.7. The number of ether oxygens (including phenoxy) is 1. The Morgan fingerprint density at radius 3 is 2.75 bits per heavy atom. The number of carboxylic acid groups (broad SMARTS) is 1. The van der Waals surface area contributed by atoms with Crippen molar-refractivity contribution in [3.63, 3.8) is 0 Å². The summed E-state index contributed by atoms with van der Waals surface area (Å²) in [6.45, 7) is 0. The molecule has 0 bridgehead atoms. The number of hydrogen-bond acceptors (Lipinski definition) is 4. The number of carbonyl (C=O) groups is 1. The van der Waals surface area contributed by atoms with Crippen LogP contribution in [0.4, 0.5) is 14.9 Å². The largest absolute Gasteiger partial charge is 0.511 e. The predicted molar refractivity (Wildman–Crippen MR) is 69.5 cm³/mol. The minimum atomic E-state index is -1.58. The fourth-order valence-corrected chi connectivity index (χ4v) is 2.18. The number of nitrogens with two attached hydrogens (primary N) is 1. The number of pyridine rings is 1. The number of rotatable bonds is 2. The van der Waals surface area contributed by atoms with Crippen LogP contribution in [0.25, 0.3) is 10.9 Å². The molecule has 6 nitrogen and oxygen atoms in total. The Balaban J connectivity index is 2.33. The maximum absolute atomic E-state index is 13.5. The molecule has 3 rings (SSSR count). The summed E-state index contributed by atoms with van der Waals surface area (Å²) in [5.74, 6) is -1.05. The Hall–Kier alpha value is -2.57. The van der Waals surface area contributed by atoms with Crippen LogP contribution in [0.5, 0.6) is 5.75 Å². The average molecular weight is 278 g/mol. The molecule has 20 heavy (non-hydrogen) atoms. The first-order valence-corrected chi connectivity index (χ1v) is 6.02. The lowest BCUT2D eigenvalue weighted by atomic mass is 10.1. The maximum Gasteiger partial charge on any atom is 0.511 e. The number of anilines is 1. The van der Waals surface area contributed by atoms with Crippen molar-refractivity contribution in [3.8, 4) is 5.75 Å². The van der Waals surface area contributed by atoms with Crippen LogP contribution in [0, 0.1) is 5.82 Å². The van der Waals surface area contributed by atoms with Crippen molar-refractivity contribution >= 4 is 22.7 Å². The lowest BCUT2D eigenvalue weighted by molar-refractivity contribution is 0.143. The molecule has 0 unspecified atom stereocenters. The summed E-state index contributed by atoms with van der Waals surface area (Å²) >= 11 is 0. The molecule has 0 saturated heterocycles. The average Bonchev–Trinajstić information content (AvgIpc) is 3.19. The van der Waals surface area contributed by atoms with Crippen molar-refractivity contribution in [1.82, 2.24) is 4.57 Å². The highest BCUT2D eigenvalue weighted by Crippen LogP contribution is 2.38. The Morgan fingerprint density at radius 2 is 2.15 bits per heavy atom. The number of fused-ring (bicyclic) bond motifs is 1. The number of halogens is 1. The first-order chi connectivity index (χ1) is 9.47. The third-order valence-electron chi connectivity index (χ3n) is 3.26. The van der Waals surface area contributed by atoms with Crippen LogP contribution >= 0.6 is 0 Å². The van der Waals surface area contributed by atoms with Gasteiger partial charge in [0.15, 0.2) is 5.75 Å². The van der Waals surface area contributed by atoms with Crippen molar-refractivity contribution < 1.29 is 19.0 Å². The Labute approximate surface area is 112 Å². The van der Waals surface area contributed by atoms with E-state index in [1.807, 2.05) is 0 Å². The molecule has 0 amide bonds. The first-order valence-electron chi connectivity index (χ1n) is 6.02. The summed E-state index contributed by atoms with van der Waals surface area (Å²) in [6.07, 6.45) is 1.57. The summed E-state index contributed by atoms with van der Waals surface area (Å²) in [5, 5.41) is 8.70. The van der Waals surface area contributed by atoms with Crippen LogP contribution in [-0.2, 0) is 0 Å². The number of nitrogen functional groups attached to an aromatic ring is 1. The predicted octanol–water partition coefficient (Wildman–Crippen LogP) is 2.11. The van der Waals surface area contributed by atoms with Crippen molar-refractivity contribution in [2.45, 2.75) is 18.9 Å². The lowest BCUT2D eigenvalue weighted by Crippen LogP contribution is -2.16. The zero-order valence-electron chi connectivity index (χ0n) is 10.3. The van der Waals surface area contributed by atoms with Gasteiger partial charge in [0.05, 0.1) is 22.8 Å². The molecule has 1 aromatic carbocycles. The minimum absolute atomic E-state index is 0.0572. The van der Waals surface area contributed by atoms with E-state index in [-0.39, 0.29) is 22.9 Å². The van der Waals surface area contributed by atoms with Crippen molar-refractivity contribution in [2.24, 2.45) is 0 Å². The molecule has 104 valence electrons. The molecule has 1 fully saturated rings. The molecule has 2 aromatic rings. The topological polar surface area (TPSA) is 94.6 Å². The van der Waals surface area contributed by atoms with Crippen molar-refractivity contribution in [2.75, 3.05) is 5.73 Å². The Bertz CT molecular complexity index is 780. The van der Waals surface area contributed by atoms with E-state index < -0.39 is 17.4 Å². The molecule has 0 radical (unpaired) electrons. The van der Waals surface area contributed by atoms with Crippen LogP contribution in [-0.4, -0.2) is 15.8 Å². The number of nitrogens with zero attached hydrogens (tertiary/aromatic N) is 1. The second-order valence-corrected chi connectivity index (χ2v) is 4.72. The molecule has 0 atom stereocenters. The fourth-order valence-electron chi connectivity index (χ4n) is 2.18. The van der Waals surface area contributed by atoms with Crippen LogP contribution in [0.15, 0.2) is 23.1 Å². The van der Waals surface area contributed by atoms with Crippen LogP contribution in [0.2, 0.25) is 0 Å². The van der Waals surface area contributed by atoms with Gasteiger partial charge in [0.2, 0.25) is 5.43 Å². The minimum Gasteiger partial charge on any atom is -0.449 e.